The van der Waals surface area contributed by atoms with E-state index in [4.69, 9.17) is 9.47 Å². The van der Waals surface area contributed by atoms with Gasteiger partial charge in [-0.1, -0.05) is 19.9 Å². The van der Waals surface area contributed by atoms with Crippen LogP contribution < -0.4 is 0 Å². The SMILES string of the molecule is CC1(C)COCCC[C@H]2CN(CC3=CCCOC3)CC[C@H]2CC(=O)N(CC2CC2)C[C@@H]1O. The molecule has 6 heteroatoms. The number of ether oxygens (including phenoxy) is 2. The summed E-state index contributed by atoms with van der Waals surface area (Å²) < 4.78 is 11.7. The van der Waals surface area contributed by atoms with Gasteiger partial charge in [0, 0.05) is 44.6 Å². The van der Waals surface area contributed by atoms with Crippen molar-refractivity contribution in [1.82, 2.24) is 9.80 Å². The molecular formula is C26H44N2O4. The molecule has 2 saturated heterocycles. The number of carbonyl (C=O) groups is 1. The van der Waals surface area contributed by atoms with E-state index in [1.807, 2.05) is 4.90 Å². The molecule has 0 aromatic rings. The fraction of sp³-hybridized carbons (Fsp3) is 0.885. The van der Waals surface area contributed by atoms with Gasteiger partial charge in [0.2, 0.25) is 5.91 Å². The first-order chi connectivity index (χ1) is 15.4. The minimum atomic E-state index is -0.561. The Bertz CT molecular complexity index is 660. The van der Waals surface area contributed by atoms with E-state index in [-0.39, 0.29) is 11.3 Å². The van der Waals surface area contributed by atoms with Crippen LogP contribution in [0.15, 0.2) is 11.6 Å². The second-order valence-electron chi connectivity index (χ2n) is 11.4. The smallest absolute Gasteiger partial charge is 0.222 e. The Labute approximate surface area is 194 Å². The van der Waals surface area contributed by atoms with Gasteiger partial charge in [-0.2, -0.15) is 0 Å². The van der Waals surface area contributed by atoms with E-state index >= 15 is 0 Å². The number of piperidine rings is 1. The largest absolute Gasteiger partial charge is 0.391 e. The Balaban J connectivity index is 1.43. The number of carbonyl (C=O) groups excluding carboxylic acids is 1. The van der Waals surface area contributed by atoms with Crippen molar-refractivity contribution < 1.29 is 19.4 Å². The summed E-state index contributed by atoms with van der Waals surface area (Å²) in [6, 6.07) is 0. The lowest BCUT2D eigenvalue weighted by Gasteiger charge is -2.40. The number of hydrogen-bond acceptors (Lipinski definition) is 5. The number of rotatable bonds is 4. The Morgan fingerprint density at radius 2 is 1.94 bits per heavy atom. The monoisotopic (exact) mass is 448 g/mol. The van der Waals surface area contributed by atoms with E-state index in [0.717, 1.165) is 71.7 Å². The maximum absolute atomic E-state index is 13.4. The molecule has 1 aliphatic carbocycles. The van der Waals surface area contributed by atoms with Crippen LogP contribution in [0.4, 0.5) is 0 Å². The third kappa shape index (κ3) is 6.78. The number of hydrogen-bond donors (Lipinski definition) is 1. The van der Waals surface area contributed by atoms with Gasteiger partial charge in [0.25, 0.3) is 0 Å². The molecule has 0 radical (unpaired) electrons. The molecule has 182 valence electrons. The first-order valence-electron chi connectivity index (χ1n) is 12.9. The summed E-state index contributed by atoms with van der Waals surface area (Å²) in [5.41, 5.74) is 1.06. The number of likely N-dealkylation sites (tertiary alicyclic amines) is 1. The maximum atomic E-state index is 13.4. The minimum Gasteiger partial charge on any atom is -0.391 e. The molecule has 3 heterocycles. The Hall–Kier alpha value is -0.950. The highest BCUT2D eigenvalue weighted by Crippen LogP contribution is 2.34. The zero-order chi connectivity index (χ0) is 22.6. The molecular weight excluding hydrogens is 404 g/mol. The van der Waals surface area contributed by atoms with Gasteiger partial charge in [0.15, 0.2) is 0 Å². The van der Waals surface area contributed by atoms with Crippen molar-refractivity contribution in [1.29, 1.82) is 0 Å². The fourth-order valence-corrected chi connectivity index (χ4v) is 5.48. The van der Waals surface area contributed by atoms with Crippen LogP contribution in [0.1, 0.15) is 58.8 Å². The summed E-state index contributed by atoms with van der Waals surface area (Å²) in [5, 5.41) is 10.9. The Morgan fingerprint density at radius 3 is 2.69 bits per heavy atom. The zero-order valence-corrected chi connectivity index (χ0v) is 20.3. The molecule has 0 aromatic carbocycles. The second-order valence-corrected chi connectivity index (χ2v) is 11.4. The van der Waals surface area contributed by atoms with Crippen LogP contribution in [-0.2, 0) is 14.3 Å². The van der Waals surface area contributed by atoms with Crippen molar-refractivity contribution in [2.24, 2.45) is 23.2 Å². The molecule has 3 atom stereocenters. The summed E-state index contributed by atoms with van der Waals surface area (Å²) in [5.74, 6) is 1.84. The van der Waals surface area contributed by atoms with Gasteiger partial charge in [0.1, 0.15) is 0 Å². The lowest BCUT2D eigenvalue weighted by atomic mass is 9.80. The molecule has 0 unspecified atom stereocenters. The van der Waals surface area contributed by atoms with Crippen molar-refractivity contribution in [3.63, 3.8) is 0 Å². The molecule has 0 spiro atoms. The second kappa shape index (κ2) is 11.0. The topological polar surface area (TPSA) is 62.2 Å². The predicted octanol–water partition coefficient (Wildman–Crippen LogP) is 3.10. The van der Waals surface area contributed by atoms with Crippen molar-refractivity contribution >= 4 is 5.91 Å². The van der Waals surface area contributed by atoms with Gasteiger partial charge < -0.3 is 19.5 Å². The highest BCUT2D eigenvalue weighted by Gasteiger charge is 2.37. The molecule has 0 bridgehead atoms. The molecule has 0 aromatic heterocycles. The number of β-amino-alcohol motifs (C(OH)–C–C–N with tert-alkyl or cyclic N) is 1. The molecule has 6 nitrogen and oxygen atoms in total. The molecule has 32 heavy (non-hydrogen) atoms. The Morgan fingerprint density at radius 1 is 1.09 bits per heavy atom. The molecule has 3 fully saturated rings. The quantitative estimate of drug-likeness (QED) is 0.670. The lowest BCUT2D eigenvalue weighted by Crippen LogP contribution is -2.47. The standard InChI is InChI=1S/C26H44N2O4/c1-26(2)19-32-12-4-6-23-16-27(14-21-5-3-11-31-18-21)10-9-22(23)13-25(30)28(17-24(26)29)15-20-7-8-20/h5,20,22-24,29H,3-4,6-19H2,1-2H3/t22-,23-,24-/m0/s1. The van der Waals surface area contributed by atoms with Crippen molar-refractivity contribution in [2.45, 2.75) is 64.9 Å². The van der Waals surface area contributed by atoms with Crippen molar-refractivity contribution in [3.05, 3.63) is 11.6 Å². The van der Waals surface area contributed by atoms with Crippen LogP contribution in [0.25, 0.3) is 0 Å². The number of amides is 1. The molecule has 3 aliphatic heterocycles. The van der Waals surface area contributed by atoms with Gasteiger partial charge in [-0.05, 0) is 68.4 Å². The van der Waals surface area contributed by atoms with Gasteiger partial charge in [-0.25, -0.2) is 0 Å². The molecule has 4 rings (SSSR count). The van der Waals surface area contributed by atoms with E-state index in [1.54, 1.807) is 0 Å². The van der Waals surface area contributed by atoms with Gasteiger partial charge in [-0.3, -0.25) is 9.69 Å². The minimum absolute atomic E-state index is 0.249. The summed E-state index contributed by atoms with van der Waals surface area (Å²) >= 11 is 0. The summed E-state index contributed by atoms with van der Waals surface area (Å²) in [7, 11) is 0. The van der Waals surface area contributed by atoms with E-state index in [1.165, 1.54) is 18.4 Å². The van der Waals surface area contributed by atoms with Crippen molar-refractivity contribution in [2.75, 3.05) is 59.2 Å². The number of aliphatic hydroxyl groups is 1. The number of aliphatic hydroxyl groups excluding tert-OH is 1. The maximum Gasteiger partial charge on any atom is 0.222 e. The highest BCUT2D eigenvalue weighted by molar-refractivity contribution is 5.76. The first-order valence-corrected chi connectivity index (χ1v) is 12.9. The van der Waals surface area contributed by atoms with E-state index in [2.05, 4.69) is 24.8 Å². The highest BCUT2D eigenvalue weighted by atomic mass is 16.5. The lowest BCUT2D eigenvalue weighted by molar-refractivity contribution is -0.136. The molecule has 1 N–H and O–H groups in total. The molecule has 1 amide bonds. The van der Waals surface area contributed by atoms with Crippen LogP contribution in [0.2, 0.25) is 0 Å². The predicted molar refractivity (Wildman–Crippen MR) is 125 cm³/mol. The average molecular weight is 449 g/mol. The van der Waals surface area contributed by atoms with Gasteiger partial charge in [-0.15, -0.1) is 0 Å². The molecule has 4 aliphatic rings. The summed E-state index contributed by atoms with van der Waals surface area (Å²) in [6.07, 6.45) is 9.08. The number of fused-ring (bicyclic) bond motifs is 1. The van der Waals surface area contributed by atoms with Crippen LogP contribution in [0.5, 0.6) is 0 Å². The third-order valence-electron chi connectivity index (χ3n) is 7.98. The third-order valence-corrected chi connectivity index (χ3v) is 7.98. The number of nitrogens with zero attached hydrogens (tertiary/aromatic N) is 2. The first kappa shape index (κ1) is 24.2. The van der Waals surface area contributed by atoms with Crippen LogP contribution in [0, 0.1) is 23.2 Å². The summed E-state index contributed by atoms with van der Waals surface area (Å²) in [6.45, 7) is 11.4. The van der Waals surface area contributed by atoms with E-state index in [0.29, 0.717) is 37.3 Å². The summed E-state index contributed by atoms with van der Waals surface area (Å²) in [4.78, 5) is 18.0. The van der Waals surface area contributed by atoms with Crippen LogP contribution in [-0.4, -0.2) is 86.1 Å². The fourth-order valence-electron chi connectivity index (χ4n) is 5.48. The zero-order valence-electron chi connectivity index (χ0n) is 20.3. The normalized spacial score (nSPS) is 33.5. The van der Waals surface area contributed by atoms with Gasteiger partial charge >= 0.3 is 0 Å². The average Bonchev–Trinajstić information content (AvgIpc) is 3.58. The van der Waals surface area contributed by atoms with Crippen molar-refractivity contribution in [3.8, 4) is 0 Å². The molecule has 1 saturated carbocycles. The Kier molecular flexibility index (Phi) is 8.30. The van der Waals surface area contributed by atoms with E-state index in [9.17, 15) is 9.90 Å². The van der Waals surface area contributed by atoms with E-state index < -0.39 is 6.10 Å². The van der Waals surface area contributed by atoms with Crippen LogP contribution >= 0.6 is 0 Å². The van der Waals surface area contributed by atoms with Gasteiger partial charge in [0.05, 0.1) is 25.9 Å². The van der Waals surface area contributed by atoms with Crippen LogP contribution in [0.3, 0.4) is 0 Å².